The fourth-order valence-corrected chi connectivity index (χ4v) is 2.01. The molecule has 5 heteroatoms. The molecule has 1 N–H and O–H groups in total. The molecule has 0 bridgehead atoms. The highest BCUT2D eigenvalue weighted by molar-refractivity contribution is 5.71. The minimum absolute atomic E-state index is 0.576. The number of nitrogens with zero attached hydrogens (tertiary/aromatic N) is 3. The van der Waals surface area contributed by atoms with Crippen molar-refractivity contribution in [3.05, 3.63) is 72.9 Å². The first-order chi connectivity index (χ1) is 11.3. The first-order valence-corrected chi connectivity index (χ1v) is 7.18. The molecule has 0 aliphatic heterocycles. The molecule has 0 saturated heterocycles. The summed E-state index contributed by atoms with van der Waals surface area (Å²) in [7, 11) is 1.65. The lowest BCUT2D eigenvalue weighted by Gasteiger charge is -2.09. The molecule has 23 heavy (non-hydrogen) atoms. The fourth-order valence-electron chi connectivity index (χ4n) is 2.01. The van der Waals surface area contributed by atoms with Crippen LogP contribution in [0.3, 0.4) is 0 Å². The van der Waals surface area contributed by atoms with Crippen molar-refractivity contribution in [2.75, 3.05) is 12.4 Å². The Morgan fingerprint density at radius 3 is 2.39 bits per heavy atom. The van der Waals surface area contributed by atoms with Gasteiger partial charge in [-0.2, -0.15) is 0 Å². The Bertz CT molecular complexity index is 786. The molecule has 0 unspecified atom stereocenters. The van der Waals surface area contributed by atoms with Crippen LogP contribution in [0.15, 0.2) is 83.2 Å². The minimum Gasteiger partial charge on any atom is -0.497 e. The number of hydrogen-bond donors (Lipinski definition) is 1. The lowest BCUT2D eigenvalue weighted by atomic mass is 10.2. The first kappa shape index (κ1) is 14.7. The first-order valence-electron chi connectivity index (χ1n) is 7.18. The Morgan fingerprint density at radius 1 is 0.870 bits per heavy atom. The van der Waals surface area contributed by atoms with E-state index >= 15 is 0 Å². The molecule has 1 heterocycles. The molecule has 0 fully saturated rings. The lowest BCUT2D eigenvalue weighted by molar-refractivity contribution is 0.415. The number of benzene rings is 2. The quantitative estimate of drug-likeness (QED) is 0.655. The minimum atomic E-state index is 0.576. The summed E-state index contributed by atoms with van der Waals surface area (Å²) in [6.45, 7) is 0. The van der Waals surface area contributed by atoms with Gasteiger partial charge < -0.3 is 10.1 Å². The highest BCUT2D eigenvalue weighted by Crippen LogP contribution is 2.29. The van der Waals surface area contributed by atoms with Gasteiger partial charge in [-0.05, 0) is 48.5 Å². The van der Waals surface area contributed by atoms with Gasteiger partial charge in [0.15, 0.2) is 5.82 Å². The Kier molecular flexibility index (Phi) is 4.59. The normalized spacial score (nSPS) is 10.7. The predicted octanol–water partition coefficient (Wildman–Crippen LogP) is 5.25. The van der Waals surface area contributed by atoms with Crippen molar-refractivity contribution in [2.24, 2.45) is 10.2 Å². The summed E-state index contributed by atoms with van der Waals surface area (Å²) in [5.41, 5.74) is 2.57. The molecule has 0 amide bonds. The molecule has 2 aromatic carbocycles. The third-order valence-corrected chi connectivity index (χ3v) is 3.18. The van der Waals surface area contributed by atoms with Crippen molar-refractivity contribution >= 4 is 22.9 Å². The van der Waals surface area contributed by atoms with Crippen LogP contribution < -0.4 is 10.1 Å². The van der Waals surface area contributed by atoms with Crippen LogP contribution in [-0.2, 0) is 0 Å². The number of para-hydroxylation sites is 1. The van der Waals surface area contributed by atoms with E-state index in [0.717, 1.165) is 22.8 Å². The van der Waals surface area contributed by atoms with Crippen LogP contribution >= 0.6 is 0 Å². The Balaban J connectivity index is 1.81. The summed E-state index contributed by atoms with van der Waals surface area (Å²) in [5, 5.41) is 11.8. The van der Waals surface area contributed by atoms with Gasteiger partial charge in [-0.3, -0.25) is 0 Å². The van der Waals surface area contributed by atoms with Gasteiger partial charge in [0.25, 0.3) is 0 Å². The molecular weight excluding hydrogens is 288 g/mol. The summed E-state index contributed by atoms with van der Waals surface area (Å²) in [6, 6.07) is 21.0. The monoisotopic (exact) mass is 304 g/mol. The van der Waals surface area contributed by atoms with Crippen molar-refractivity contribution in [3.8, 4) is 5.75 Å². The summed E-state index contributed by atoms with van der Waals surface area (Å²) in [6.07, 6.45) is 1.69. The van der Waals surface area contributed by atoms with Crippen molar-refractivity contribution < 1.29 is 4.74 Å². The summed E-state index contributed by atoms with van der Waals surface area (Å²) in [4.78, 5) is 4.13. The highest BCUT2D eigenvalue weighted by atomic mass is 16.5. The van der Waals surface area contributed by atoms with Gasteiger partial charge >= 0.3 is 0 Å². The van der Waals surface area contributed by atoms with Gasteiger partial charge in [0.2, 0.25) is 0 Å². The van der Waals surface area contributed by atoms with Crippen LogP contribution in [-0.4, -0.2) is 12.1 Å². The van der Waals surface area contributed by atoms with E-state index < -0.39 is 0 Å². The van der Waals surface area contributed by atoms with Crippen molar-refractivity contribution in [1.29, 1.82) is 0 Å². The smallest absolute Gasteiger partial charge is 0.174 e. The number of nitrogens with one attached hydrogen (secondary N) is 1. The molecule has 5 nitrogen and oxygen atoms in total. The summed E-state index contributed by atoms with van der Waals surface area (Å²) >= 11 is 0. The molecule has 0 atom stereocenters. The van der Waals surface area contributed by atoms with E-state index in [0.29, 0.717) is 5.82 Å². The predicted molar refractivity (Wildman–Crippen MR) is 91.1 cm³/mol. The number of pyridine rings is 1. The second-order valence-electron chi connectivity index (χ2n) is 4.76. The van der Waals surface area contributed by atoms with Gasteiger partial charge in [0.05, 0.1) is 12.8 Å². The van der Waals surface area contributed by atoms with E-state index in [-0.39, 0.29) is 0 Å². The van der Waals surface area contributed by atoms with Gasteiger partial charge in [-0.15, -0.1) is 10.2 Å². The van der Waals surface area contributed by atoms with E-state index in [1.54, 1.807) is 13.3 Å². The van der Waals surface area contributed by atoms with Crippen LogP contribution in [0.2, 0.25) is 0 Å². The number of rotatable bonds is 5. The van der Waals surface area contributed by atoms with Crippen LogP contribution in [0.4, 0.5) is 22.9 Å². The summed E-state index contributed by atoms with van der Waals surface area (Å²) in [5.74, 6) is 1.39. The molecule has 1 aromatic heterocycles. The fraction of sp³-hybridized carbons (Fsp3) is 0.0556. The van der Waals surface area contributed by atoms with Crippen LogP contribution in [0.1, 0.15) is 0 Å². The van der Waals surface area contributed by atoms with Crippen LogP contribution in [0, 0.1) is 0 Å². The molecule has 0 radical (unpaired) electrons. The molecular formula is C18H16N4O. The zero-order valence-corrected chi connectivity index (χ0v) is 12.7. The standard InChI is InChI=1S/C18H16N4O/c1-23-15-11-9-14(10-12-15)20-16-6-2-3-7-17(16)21-22-18-8-4-5-13-19-18/h2-13,20H,1H3. The molecule has 0 aliphatic rings. The second kappa shape index (κ2) is 7.17. The molecule has 114 valence electrons. The Hall–Kier alpha value is -3.21. The molecule has 0 spiro atoms. The summed E-state index contributed by atoms with van der Waals surface area (Å²) < 4.78 is 5.16. The third-order valence-electron chi connectivity index (χ3n) is 3.18. The largest absolute Gasteiger partial charge is 0.497 e. The SMILES string of the molecule is COc1ccc(Nc2ccccc2N=Nc2ccccn2)cc1. The Morgan fingerprint density at radius 2 is 1.65 bits per heavy atom. The number of aromatic nitrogens is 1. The number of anilines is 2. The topological polar surface area (TPSA) is 58.9 Å². The maximum absolute atomic E-state index is 5.16. The van der Waals surface area contributed by atoms with Gasteiger partial charge in [0.1, 0.15) is 11.4 Å². The zero-order chi connectivity index (χ0) is 15.9. The maximum atomic E-state index is 5.16. The maximum Gasteiger partial charge on any atom is 0.174 e. The second-order valence-corrected chi connectivity index (χ2v) is 4.76. The highest BCUT2D eigenvalue weighted by Gasteiger charge is 2.02. The molecule has 3 rings (SSSR count). The lowest BCUT2D eigenvalue weighted by Crippen LogP contribution is -1.90. The van der Waals surface area contributed by atoms with Crippen molar-refractivity contribution in [1.82, 2.24) is 4.98 Å². The third kappa shape index (κ3) is 3.91. The van der Waals surface area contributed by atoms with Crippen molar-refractivity contribution in [2.45, 2.75) is 0 Å². The number of hydrogen-bond acceptors (Lipinski definition) is 5. The molecule has 0 saturated carbocycles. The number of azo groups is 1. The van der Waals surface area contributed by atoms with Gasteiger partial charge in [0, 0.05) is 11.9 Å². The molecule has 3 aromatic rings. The Labute approximate surface area is 134 Å². The van der Waals surface area contributed by atoms with Gasteiger partial charge in [-0.1, -0.05) is 18.2 Å². The van der Waals surface area contributed by atoms with Crippen LogP contribution in [0.5, 0.6) is 5.75 Å². The van der Waals surface area contributed by atoms with E-state index in [1.165, 1.54) is 0 Å². The average molecular weight is 304 g/mol. The number of ether oxygens (including phenoxy) is 1. The van der Waals surface area contributed by atoms with Gasteiger partial charge in [-0.25, -0.2) is 4.98 Å². The zero-order valence-electron chi connectivity index (χ0n) is 12.7. The van der Waals surface area contributed by atoms with E-state index in [1.807, 2.05) is 66.7 Å². The average Bonchev–Trinajstić information content (AvgIpc) is 2.62. The van der Waals surface area contributed by atoms with E-state index in [2.05, 4.69) is 20.5 Å². The van der Waals surface area contributed by atoms with Crippen LogP contribution in [0.25, 0.3) is 0 Å². The van der Waals surface area contributed by atoms with E-state index in [9.17, 15) is 0 Å². The number of methoxy groups -OCH3 is 1. The van der Waals surface area contributed by atoms with Crippen molar-refractivity contribution in [3.63, 3.8) is 0 Å². The molecule has 0 aliphatic carbocycles. The van der Waals surface area contributed by atoms with E-state index in [4.69, 9.17) is 4.74 Å².